The van der Waals surface area contributed by atoms with Crippen molar-refractivity contribution in [2.75, 3.05) is 13.2 Å². The molecule has 3 heterocycles. The monoisotopic (exact) mass is 341 g/mol. The van der Waals surface area contributed by atoms with Crippen LogP contribution in [0.5, 0.6) is 0 Å². The molecule has 2 aromatic rings. The summed E-state index contributed by atoms with van der Waals surface area (Å²) < 4.78 is 17.3. The highest BCUT2D eigenvalue weighted by Gasteiger charge is 2.25. The molecule has 108 valence electrons. The molecule has 0 aromatic carbocycles. The Bertz CT molecular complexity index is 583. The lowest BCUT2D eigenvalue weighted by Gasteiger charge is -2.35. The van der Waals surface area contributed by atoms with E-state index >= 15 is 0 Å². The van der Waals surface area contributed by atoms with Crippen LogP contribution in [-0.4, -0.2) is 40.4 Å². The minimum Gasteiger partial charge on any atom is -0.444 e. The van der Waals surface area contributed by atoms with Gasteiger partial charge in [-0.3, -0.25) is 4.90 Å². The Balaban J connectivity index is 1.70. The van der Waals surface area contributed by atoms with E-state index < -0.39 is 0 Å². The van der Waals surface area contributed by atoms with Crippen molar-refractivity contribution >= 4 is 15.9 Å². The van der Waals surface area contributed by atoms with Crippen LogP contribution in [0.4, 0.5) is 0 Å². The van der Waals surface area contributed by atoms with Gasteiger partial charge in [-0.15, -0.1) is 10.2 Å². The summed E-state index contributed by atoms with van der Waals surface area (Å²) in [6.45, 7) is 6.42. The molecule has 1 saturated heterocycles. The van der Waals surface area contributed by atoms with E-state index in [1.54, 1.807) is 12.1 Å². The molecule has 0 saturated carbocycles. The molecule has 0 unspecified atom stereocenters. The van der Waals surface area contributed by atoms with E-state index in [1.807, 2.05) is 0 Å². The van der Waals surface area contributed by atoms with E-state index in [4.69, 9.17) is 13.6 Å². The van der Waals surface area contributed by atoms with Gasteiger partial charge >= 0.3 is 0 Å². The first-order valence-corrected chi connectivity index (χ1v) is 7.35. The minimum atomic E-state index is 0.231. The molecule has 6 nitrogen and oxygen atoms in total. The summed E-state index contributed by atoms with van der Waals surface area (Å²) in [7, 11) is 0. The highest BCUT2D eigenvalue weighted by molar-refractivity contribution is 9.10. The molecule has 3 rings (SSSR count). The standard InChI is InChI=1S/C13H16BrN3O3/c1-8-7-18-9(2)5-17(8)6-12-15-16-13(20-12)10-3-4-11(14)19-10/h3-4,8-9H,5-7H2,1-2H3/t8-,9-/m1/s1. The molecule has 2 aromatic heterocycles. The van der Waals surface area contributed by atoms with E-state index in [2.05, 4.69) is 44.9 Å². The largest absolute Gasteiger partial charge is 0.444 e. The van der Waals surface area contributed by atoms with Crippen molar-refractivity contribution in [2.24, 2.45) is 0 Å². The van der Waals surface area contributed by atoms with Crippen molar-refractivity contribution < 1.29 is 13.6 Å². The van der Waals surface area contributed by atoms with Gasteiger partial charge in [-0.05, 0) is 41.9 Å². The summed E-state index contributed by atoms with van der Waals surface area (Å²) in [6.07, 6.45) is 0.231. The molecular formula is C13H16BrN3O3. The maximum Gasteiger partial charge on any atom is 0.283 e. The number of rotatable bonds is 3. The van der Waals surface area contributed by atoms with Gasteiger partial charge < -0.3 is 13.6 Å². The van der Waals surface area contributed by atoms with Crippen LogP contribution >= 0.6 is 15.9 Å². The maximum absolute atomic E-state index is 5.65. The highest BCUT2D eigenvalue weighted by atomic mass is 79.9. The molecule has 0 aliphatic carbocycles. The van der Waals surface area contributed by atoms with E-state index in [0.717, 1.165) is 13.2 Å². The van der Waals surface area contributed by atoms with Gasteiger partial charge in [-0.1, -0.05) is 0 Å². The number of halogens is 1. The molecular weight excluding hydrogens is 326 g/mol. The zero-order valence-corrected chi connectivity index (χ0v) is 13.0. The first-order valence-electron chi connectivity index (χ1n) is 6.55. The Kier molecular flexibility index (Phi) is 3.91. The lowest BCUT2D eigenvalue weighted by atomic mass is 10.2. The normalized spacial score (nSPS) is 24.1. The number of nitrogens with zero attached hydrogens (tertiary/aromatic N) is 3. The van der Waals surface area contributed by atoms with Crippen LogP contribution < -0.4 is 0 Å². The Hall–Kier alpha value is -1.18. The zero-order valence-electron chi connectivity index (χ0n) is 11.4. The van der Waals surface area contributed by atoms with Crippen molar-refractivity contribution in [1.29, 1.82) is 0 Å². The van der Waals surface area contributed by atoms with Crippen LogP contribution in [0.25, 0.3) is 11.7 Å². The molecule has 0 N–H and O–H groups in total. The van der Waals surface area contributed by atoms with Gasteiger partial charge in [-0.25, -0.2) is 0 Å². The first kappa shape index (κ1) is 13.8. The van der Waals surface area contributed by atoms with Gasteiger partial charge in [0, 0.05) is 12.6 Å². The van der Waals surface area contributed by atoms with Crippen molar-refractivity contribution in [2.45, 2.75) is 32.5 Å². The summed E-state index contributed by atoms with van der Waals surface area (Å²) in [6, 6.07) is 3.94. The quantitative estimate of drug-likeness (QED) is 0.855. The average Bonchev–Trinajstić information content (AvgIpc) is 3.03. The van der Waals surface area contributed by atoms with Crippen LogP contribution in [-0.2, 0) is 11.3 Å². The second-order valence-electron chi connectivity index (χ2n) is 5.03. The lowest BCUT2D eigenvalue weighted by Crippen LogP contribution is -2.46. The number of morpholine rings is 1. The lowest BCUT2D eigenvalue weighted by molar-refractivity contribution is -0.0550. The van der Waals surface area contributed by atoms with Crippen LogP contribution in [0, 0.1) is 0 Å². The fraction of sp³-hybridized carbons (Fsp3) is 0.538. The van der Waals surface area contributed by atoms with E-state index in [1.165, 1.54) is 0 Å². The van der Waals surface area contributed by atoms with Gasteiger partial charge in [0.2, 0.25) is 5.89 Å². The molecule has 0 bridgehead atoms. The van der Waals surface area contributed by atoms with E-state index in [9.17, 15) is 0 Å². The molecule has 1 aliphatic heterocycles. The Morgan fingerprint density at radius 2 is 2.15 bits per heavy atom. The van der Waals surface area contributed by atoms with Crippen LogP contribution in [0.1, 0.15) is 19.7 Å². The molecule has 1 aliphatic rings. The molecule has 0 radical (unpaired) electrons. The third kappa shape index (κ3) is 2.94. The Morgan fingerprint density at radius 3 is 2.90 bits per heavy atom. The number of hydrogen-bond donors (Lipinski definition) is 0. The predicted molar refractivity (Wildman–Crippen MR) is 75.0 cm³/mol. The summed E-state index contributed by atoms with van der Waals surface area (Å²) >= 11 is 3.25. The SMILES string of the molecule is C[C@@H]1CN(Cc2nnc(-c3ccc(Br)o3)o2)[C@H](C)CO1. The molecule has 1 fully saturated rings. The van der Waals surface area contributed by atoms with Crippen LogP contribution in [0.15, 0.2) is 25.6 Å². The van der Waals surface area contributed by atoms with Gasteiger partial charge in [0.15, 0.2) is 10.4 Å². The minimum absolute atomic E-state index is 0.231. The predicted octanol–water partition coefficient (Wildman–Crippen LogP) is 2.70. The summed E-state index contributed by atoms with van der Waals surface area (Å²) in [5, 5.41) is 8.10. The second-order valence-corrected chi connectivity index (χ2v) is 5.81. The van der Waals surface area contributed by atoms with Gasteiger partial charge in [0.1, 0.15) is 0 Å². The number of furan rings is 1. The van der Waals surface area contributed by atoms with Crippen molar-refractivity contribution in [1.82, 2.24) is 15.1 Å². The molecule has 0 spiro atoms. The van der Waals surface area contributed by atoms with E-state index in [-0.39, 0.29) is 6.10 Å². The number of aromatic nitrogens is 2. The molecule has 0 amide bonds. The average molecular weight is 342 g/mol. The summed E-state index contributed by atoms with van der Waals surface area (Å²) in [4.78, 5) is 2.28. The first-order chi connectivity index (χ1) is 9.61. The van der Waals surface area contributed by atoms with Gasteiger partial charge in [0.25, 0.3) is 5.89 Å². The van der Waals surface area contributed by atoms with Crippen molar-refractivity contribution in [3.8, 4) is 11.7 Å². The van der Waals surface area contributed by atoms with Crippen molar-refractivity contribution in [3.63, 3.8) is 0 Å². The number of ether oxygens (including phenoxy) is 1. The fourth-order valence-corrected chi connectivity index (χ4v) is 2.52. The van der Waals surface area contributed by atoms with Crippen LogP contribution in [0.3, 0.4) is 0 Å². The second kappa shape index (κ2) is 5.67. The third-order valence-electron chi connectivity index (χ3n) is 3.33. The van der Waals surface area contributed by atoms with E-state index in [0.29, 0.717) is 34.8 Å². The zero-order chi connectivity index (χ0) is 14.1. The van der Waals surface area contributed by atoms with Gasteiger partial charge in [-0.2, -0.15) is 0 Å². The molecule has 7 heteroatoms. The Morgan fingerprint density at radius 1 is 1.30 bits per heavy atom. The highest BCUT2D eigenvalue weighted by Crippen LogP contribution is 2.24. The van der Waals surface area contributed by atoms with Crippen LogP contribution in [0.2, 0.25) is 0 Å². The summed E-state index contributed by atoms with van der Waals surface area (Å²) in [5.74, 6) is 1.56. The molecule has 20 heavy (non-hydrogen) atoms. The molecule has 2 atom stereocenters. The summed E-state index contributed by atoms with van der Waals surface area (Å²) in [5.41, 5.74) is 0. The maximum atomic E-state index is 5.65. The van der Waals surface area contributed by atoms with Gasteiger partial charge in [0.05, 0.1) is 19.3 Å². The number of hydrogen-bond acceptors (Lipinski definition) is 6. The van der Waals surface area contributed by atoms with Crippen molar-refractivity contribution in [3.05, 3.63) is 22.7 Å². The Labute approximate surface area is 125 Å². The fourth-order valence-electron chi connectivity index (χ4n) is 2.21. The smallest absolute Gasteiger partial charge is 0.283 e. The topological polar surface area (TPSA) is 64.5 Å². The third-order valence-corrected chi connectivity index (χ3v) is 3.75.